The van der Waals surface area contributed by atoms with E-state index in [0.717, 1.165) is 96.3 Å². The molecule has 0 aliphatic heterocycles. The molecule has 0 saturated carbocycles. The van der Waals surface area contributed by atoms with Gasteiger partial charge in [0.15, 0.2) is 6.10 Å². The van der Waals surface area contributed by atoms with E-state index in [0.29, 0.717) is 19.3 Å². The molecule has 0 spiro atoms. The summed E-state index contributed by atoms with van der Waals surface area (Å²) in [5, 5.41) is 0. The van der Waals surface area contributed by atoms with Gasteiger partial charge >= 0.3 is 17.9 Å². The van der Waals surface area contributed by atoms with Crippen molar-refractivity contribution in [3.05, 3.63) is 48.6 Å². The molecule has 0 radical (unpaired) electrons. The van der Waals surface area contributed by atoms with Gasteiger partial charge in [0.1, 0.15) is 13.2 Å². The Balaban J connectivity index is 4.41. The fourth-order valence-corrected chi connectivity index (χ4v) is 7.28. The Morgan fingerprint density at radius 1 is 0.328 bits per heavy atom. The summed E-state index contributed by atoms with van der Waals surface area (Å²) in [6, 6.07) is 0. The lowest BCUT2D eigenvalue weighted by Crippen LogP contribution is -2.30. The van der Waals surface area contributed by atoms with Gasteiger partial charge in [-0.3, -0.25) is 14.4 Å². The summed E-state index contributed by atoms with van der Waals surface area (Å²) in [4.78, 5) is 38.0. The van der Waals surface area contributed by atoms with Crippen LogP contribution in [0.3, 0.4) is 0 Å². The summed E-state index contributed by atoms with van der Waals surface area (Å²) in [5.74, 6) is -0.909. The van der Waals surface area contributed by atoms with E-state index in [9.17, 15) is 14.4 Å². The fourth-order valence-electron chi connectivity index (χ4n) is 7.28. The summed E-state index contributed by atoms with van der Waals surface area (Å²) < 4.78 is 16.8. The molecule has 0 fully saturated rings. The highest BCUT2D eigenvalue weighted by atomic mass is 16.6. The van der Waals surface area contributed by atoms with Gasteiger partial charge in [0.25, 0.3) is 0 Å². The Morgan fingerprint density at radius 3 is 0.967 bits per heavy atom. The summed E-state index contributed by atoms with van der Waals surface area (Å²) in [7, 11) is 0. The molecule has 0 aromatic rings. The summed E-state index contributed by atoms with van der Waals surface area (Å²) in [6.45, 7) is 6.58. The third kappa shape index (κ3) is 48.3. The van der Waals surface area contributed by atoms with Crippen molar-refractivity contribution in [3.8, 4) is 0 Å². The number of carbonyl (C=O) groups is 3. The van der Waals surface area contributed by atoms with E-state index in [-0.39, 0.29) is 31.1 Å². The second-order valence-electron chi connectivity index (χ2n) is 17.4. The van der Waals surface area contributed by atoms with Crippen molar-refractivity contribution in [2.75, 3.05) is 13.2 Å². The number of esters is 3. The molecule has 354 valence electrons. The largest absolute Gasteiger partial charge is 0.462 e. The minimum atomic E-state index is -0.784. The fraction of sp³-hybridized carbons (Fsp3) is 0.800. The van der Waals surface area contributed by atoms with Crippen molar-refractivity contribution >= 4 is 17.9 Å². The van der Waals surface area contributed by atoms with Gasteiger partial charge in [0, 0.05) is 19.3 Å². The molecule has 0 aromatic carbocycles. The summed E-state index contributed by atoms with van der Waals surface area (Å²) in [5.41, 5.74) is 0. The van der Waals surface area contributed by atoms with E-state index >= 15 is 0 Å². The molecule has 6 nitrogen and oxygen atoms in total. The van der Waals surface area contributed by atoms with Crippen LogP contribution < -0.4 is 0 Å². The monoisotopic (exact) mass is 855 g/mol. The zero-order valence-corrected chi connectivity index (χ0v) is 40.4. The quantitative estimate of drug-likeness (QED) is 0.0263. The normalized spacial score (nSPS) is 12.4. The average molecular weight is 855 g/mol. The van der Waals surface area contributed by atoms with E-state index in [1.165, 1.54) is 128 Å². The van der Waals surface area contributed by atoms with E-state index in [1.54, 1.807) is 0 Å². The molecule has 0 aliphatic rings. The van der Waals surface area contributed by atoms with Gasteiger partial charge in [-0.2, -0.15) is 0 Å². The van der Waals surface area contributed by atoms with Crippen LogP contribution in [0.25, 0.3) is 0 Å². The molecule has 0 N–H and O–H groups in total. The molecule has 0 rings (SSSR count). The first-order chi connectivity index (χ1) is 30.0. The molecule has 0 saturated heterocycles. The minimum Gasteiger partial charge on any atom is -0.462 e. The number of ether oxygens (including phenoxy) is 3. The lowest BCUT2D eigenvalue weighted by molar-refractivity contribution is -0.167. The minimum absolute atomic E-state index is 0.0846. The first kappa shape index (κ1) is 58.4. The van der Waals surface area contributed by atoms with Crippen LogP contribution in [-0.2, 0) is 28.6 Å². The van der Waals surface area contributed by atoms with E-state index in [4.69, 9.17) is 14.2 Å². The number of unbranched alkanes of at least 4 members (excludes halogenated alkanes) is 28. The van der Waals surface area contributed by atoms with Gasteiger partial charge in [-0.1, -0.05) is 191 Å². The van der Waals surface area contributed by atoms with Crippen molar-refractivity contribution in [2.45, 2.75) is 271 Å². The lowest BCUT2D eigenvalue weighted by Gasteiger charge is -2.18. The molecule has 0 aromatic heterocycles. The van der Waals surface area contributed by atoms with Crippen LogP contribution in [0.5, 0.6) is 0 Å². The smallest absolute Gasteiger partial charge is 0.306 e. The highest BCUT2D eigenvalue weighted by Crippen LogP contribution is 2.14. The topological polar surface area (TPSA) is 78.9 Å². The molecular weight excluding hydrogens is 757 g/mol. The Bertz CT molecular complexity index is 1070. The molecule has 61 heavy (non-hydrogen) atoms. The van der Waals surface area contributed by atoms with Crippen LogP contribution in [0.15, 0.2) is 48.6 Å². The Morgan fingerprint density at radius 2 is 0.590 bits per heavy atom. The highest BCUT2D eigenvalue weighted by molar-refractivity contribution is 5.71. The predicted molar refractivity (Wildman–Crippen MR) is 261 cm³/mol. The molecule has 0 aliphatic carbocycles. The summed E-state index contributed by atoms with van der Waals surface area (Å²) >= 11 is 0. The van der Waals surface area contributed by atoms with Gasteiger partial charge < -0.3 is 14.2 Å². The van der Waals surface area contributed by atoms with Crippen LogP contribution >= 0.6 is 0 Å². The number of rotatable bonds is 47. The SMILES string of the molecule is CCCCC/C=C/C/C=C/CCCCCCCC(=O)OCC(COC(=O)CCCCCCC/C=C/CCCCCCCC)OC(=O)CCCCCCC/C=C/CCCCCC. The number of allylic oxidation sites excluding steroid dienone is 8. The zero-order chi connectivity index (χ0) is 44.4. The molecule has 1 unspecified atom stereocenters. The van der Waals surface area contributed by atoms with Crippen molar-refractivity contribution in [1.29, 1.82) is 0 Å². The van der Waals surface area contributed by atoms with E-state index < -0.39 is 6.10 Å². The Labute approximate surface area is 378 Å². The first-order valence-electron chi connectivity index (χ1n) is 26.1. The van der Waals surface area contributed by atoms with Crippen LogP contribution in [0.1, 0.15) is 265 Å². The average Bonchev–Trinajstić information content (AvgIpc) is 3.26. The second-order valence-corrected chi connectivity index (χ2v) is 17.4. The Kier molecular flexibility index (Phi) is 47.9. The van der Waals surface area contributed by atoms with Gasteiger partial charge in [-0.15, -0.1) is 0 Å². The van der Waals surface area contributed by atoms with Crippen molar-refractivity contribution < 1.29 is 28.6 Å². The number of carbonyl (C=O) groups excluding carboxylic acids is 3. The maximum absolute atomic E-state index is 12.8. The molecule has 1 atom stereocenters. The third-order valence-electron chi connectivity index (χ3n) is 11.3. The molecular formula is C55H98O6. The zero-order valence-electron chi connectivity index (χ0n) is 40.4. The van der Waals surface area contributed by atoms with Crippen molar-refractivity contribution in [1.82, 2.24) is 0 Å². The highest BCUT2D eigenvalue weighted by Gasteiger charge is 2.19. The van der Waals surface area contributed by atoms with Gasteiger partial charge in [-0.25, -0.2) is 0 Å². The van der Waals surface area contributed by atoms with Gasteiger partial charge in [-0.05, 0) is 103 Å². The predicted octanol–water partition coefficient (Wildman–Crippen LogP) is 17.1. The van der Waals surface area contributed by atoms with Crippen LogP contribution in [0, 0.1) is 0 Å². The molecule has 0 bridgehead atoms. The summed E-state index contributed by atoms with van der Waals surface area (Å²) in [6.07, 6.45) is 59.4. The van der Waals surface area contributed by atoms with Crippen LogP contribution in [0.2, 0.25) is 0 Å². The van der Waals surface area contributed by atoms with Crippen LogP contribution in [-0.4, -0.2) is 37.2 Å². The van der Waals surface area contributed by atoms with Gasteiger partial charge in [0.05, 0.1) is 0 Å². The van der Waals surface area contributed by atoms with Crippen LogP contribution in [0.4, 0.5) is 0 Å². The van der Waals surface area contributed by atoms with E-state index in [1.807, 2.05) is 0 Å². The number of hydrogen-bond acceptors (Lipinski definition) is 6. The first-order valence-corrected chi connectivity index (χ1v) is 26.1. The molecule has 0 heterocycles. The molecule has 0 amide bonds. The molecule has 6 heteroatoms. The standard InChI is InChI=1S/C55H98O6/c1-4-7-10-13-16-19-22-25-27-30-32-35-38-41-44-47-53(56)59-50-52(61-55(58)49-46-43-40-37-34-29-24-21-18-15-12-9-6-3)51-60-54(57)48-45-42-39-36-33-31-28-26-23-20-17-14-11-8-5-2/h16,19,21,24-28,52H,4-15,17-18,20,22-23,29-51H2,1-3H3/b19-16+,24-21+,27-25+,28-26+. The van der Waals surface area contributed by atoms with Crippen molar-refractivity contribution in [2.24, 2.45) is 0 Å². The van der Waals surface area contributed by atoms with Crippen molar-refractivity contribution in [3.63, 3.8) is 0 Å². The second kappa shape index (κ2) is 50.0. The van der Waals surface area contributed by atoms with Gasteiger partial charge in [0.2, 0.25) is 0 Å². The number of hydrogen-bond donors (Lipinski definition) is 0. The maximum Gasteiger partial charge on any atom is 0.306 e. The maximum atomic E-state index is 12.8. The lowest BCUT2D eigenvalue weighted by atomic mass is 10.1. The van der Waals surface area contributed by atoms with E-state index in [2.05, 4.69) is 69.4 Å². The Hall–Kier alpha value is -2.63. The third-order valence-corrected chi connectivity index (χ3v) is 11.3.